The lowest BCUT2D eigenvalue weighted by molar-refractivity contribution is 0.102. The highest BCUT2D eigenvalue weighted by Gasteiger charge is 2.13. The van der Waals surface area contributed by atoms with E-state index in [0.29, 0.717) is 23.7 Å². The first-order chi connectivity index (χ1) is 12.1. The summed E-state index contributed by atoms with van der Waals surface area (Å²) in [5, 5.41) is 2.84. The number of hydrogen-bond donors (Lipinski definition) is 1. The van der Waals surface area contributed by atoms with Crippen molar-refractivity contribution in [3.05, 3.63) is 89.1 Å². The van der Waals surface area contributed by atoms with E-state index >= 15 is 0 Å². The molecule has 2 aromatic carbocycles. The SMILES string of the molecule is Cc1ccccc1COc1cccnc1NC(=O)c1ccccc1C. The van der Waals surface area contributed by atoms with Crippen molar-refractivity contribution in [2.45, 2.75) is 20.5 Å². The van der Waals surface area contributed by atoms with Gasteiger partial charge in [0, 0.05) is 11.8 Å². The monoisotopic (exact) mass is 332 g/mol. The summed E-state index contributed by atoms with van der Waals surface area (Å²) in [6.07, 6.45) is 1.63. The number of pyridine rings is 1. The summed E-state index contributed by atoms with van der Waals surface area (Å²) in [6.45, 7) is 4.37. The van der Waals surface area contributed by atoms with E-state index in [9.17, 15) is 4.79 Å². The van der Waals surface area contributed by atoms with Crippen LogP contribution in [0.25, 0.3) is 0 Å². The molecule has 0 aliphatic rings. The van der Waals surface area contributed by atoms with Crippen LogP contribution in [0, 0.1) is 13.8 Å². The molecule has 0 fully saturated rings. The molecule has 3 rings (SSSR count). The topological polar surface area (TPSA) is 51.2 Å². The van der Waals surface area contributed by atoms with E-state index in [2.05, 4.69) is 10.3 Å². The van der Waals surface area contributed by atoms with Gasteiger partial charge in [-0.3, -0.25) is 4.79 Å². The molecule has 0 aliphatic carbocycles. The molecule has 0 atom stereocenters. The summed E-state index contributed by atoms with van der Waals surface area (Å²) >= 11 is 0. The summed E-state index contributed by atoms with van der Waals surface area (Å²) in [5.41, 5.74) is 3.80. The van der Waals surface area contributed by atoms with Crippen molar-refractivity contribution in [1.82, 2.24) is 4.98 Å². The molecular weight excluding hydrogens is 312 g/mol. The summed E-state index contributed by atoms with van der Waals surface area (Å²) in [7, 11) is 0. The van der Waals surface area contributed by atoms with Crippen LogP contribution < -0.4 is 10.1 Å². The van der Waals surface area contributed by atoms with Gasteiger partial charge in [0.15, 0.2) is 11.6 Å². The molecule has 0 aliphatic heterocycles. The first-order valence-electron chi connectivity index (χ1n) is 8.14. The number of rotatable bonds is 5. The zero-order valence-electron chi connectivity index (χ0n) is 14.3. The Balaban J connectivity index is 1.76. The van der Waals surface area contributed by atoms with Gasteiger partial charge >= 0.3 is 0 Å². The van der Waals surface area contributed by atoms with Crippen LogP contribution in [0.1, 0.15) is 27.0 Å². The molecule has 1 aromatic heterocycles. The van der Waals surface area contributed by atoms with Gasteiger partial charge in [0.1, 0.15) is 6.61 Å². The van der Waals surface area contributed by atoms with E-state index in [-0.39, 0.29) is 5.91 Å². The number of carbonyl (C=O) groups is 1. The molecule has 0 saturated heterocycles. The second-order valence-electron chi connectivity index (χ2n) is 5.83. The number of carbonyl (C=O) groups excluding carboxylic acids is 1. The highest BCUT2D eigenvalue weighted by molar-refractivity contribution is 6.05. The van der Waals surface area contributed by atoms with E-state index in [4.69, 9.17) is 4.74 Å². The van der Waals surface area contributed by atoms with Crippen LogP contribution >= 0.6 is 0 Å². The van der Waals surface area contributed by atoms with E-state index in [1.807, 2.05) is 56.3 Å². The van der Waals surface area contributed by atoms with Crippen LogP contribution in [0.4, 0.5) is 5.82 Å². The van der Waals surface area contributed by atoms with Crippen molar-refractivity contribution in [3.8, 4) is 5.75 Å². The average molecular weight is 332 g/mol. The van der Waals surface area contributed by atoms with Crippen LogP contribution in [-0.4, -0.2) is 10.9 Å². The number of anilines is 1. The largest absolute Gasteiger partial charge is 0.485 e. The molecule has 0 saturated carbocycles. The van der Waals surface area contributed by atoms with Crippen LogP contribution in [0.2, 0.25) is 0 Å². The molecule has 0 unspecified atom stereocenters. The van der Waals surface area contributed by atoms with Gasteiger partial charge in [-0.2, -0.15) is 0 Å². The molecule has 1 N–H and O–H groups in total. The Kier molecular flexibility index (Phi) is 5.09. The van der Waals surface area contributed by atoms with Gasteiger partial charge in [0.05, 0.1) is 0 Å². The Hall–Kier alpha value is -3.14. The van der Waals surface area contributed by atoms with Gasteiger partial charge in [-0.15, -0.1) is 0 Å². The van der Waals surface area contributed by atoms with Crippen LogP contribution in [-0.2, 0) is 6.61 Å². The molecule has 0 bridgehead atoms. The molecule has 3 aromatic rings. The molecule has 25 heavy (non-hydrogen) atoms. The van der Waals surface area contributed by atoms with Crippen molar-refractivity contribution >= 4 is 11.7 Å². The van der Waals surface area contributed by atoms with Gasteiger partial charge in [-0.05, 0) is 48.7 Å². The molecule has 1 amide bonds. The lowest BCUT2D eigenvalue weighted by Gasteiger charge is -2.13. The second-order valence-corrected chi connectivity index (χ2v) is 5.83. The van der Waals surface area contributed by atoms with E-state index < -0.39 is 0 Å². The van der Waals surface area contributed by atoms with E-state index in [1.54, 1.807) is 24.4 Å². The maximum absolute atomic E-state index is 12.5. The Morgan fingerprint density at radius 3 is 2.44 bits per heavy atom. The molecule has 0 spiro atoms. The second kappa shape index (κ2) is 7.62. The number of ether oxygens (including phenoxy) is 1. The fourth-order valence-corrected chi connectivity index (χ4v) is 2.53. The van der Waals surface area contributed by atoms with E-state index in [1.165, 1.54) is 0 Å². The number of aromatic nitrogens is 1. The van der Waals surface area contributed by atoms with Gasteiger partial charge in [-0.1, -0.05) is 42.5 Å². The summed E-state index contributed by atoms with van der Waals surface area (Å²) < 4.78 is 5.89. The number of nitrogens with one attached hydrogen (secondary N) is 1. The quantitative estimate of drug-likeness (QED) is 0.747. The zero-order chi connectivity index (χ0) is 17.6. The van der Waals surface area contributed by atoms with Crippen molar-refractivity contribution in [3.63, 3.8) is 0 Å². The Bertz CT molecular complexity index is 890. The average Bonchev–Trinajstić information content (AvgIpc) is 2.62. The third kappa shape index (κ3) is 4.04. The predicted octanol–water partition coefficient (Wildman–Crippen LogP) is 4.53. The van der Waals surface area contributed by atoms with Crippen molar-refractivity contribution < 1.29 is 9.53 Å². The molecular formula is C21H20N2O2. The maximum Gasteiger partial charge on any atom is 0.257 e. The number of aryl methyl sites for hydroxylation is 2. The first kappa shape index (κ1) is 16.7. The Morgan fingerprint density at radius 1 is 0.960 bits per heavy atom. The normalized spacial score (nSPS) is 10.3. The summed E-state index contributed by atoms with van der Waals surface area (Å²) in [4.78, 5) is 16.8. The maximum atomic E-state index is 12.5. The Morgan fingerprint density at radius 2 is 1.68 bits per heavy atom. The third-order valence-corrected chi connectivity index (χ3v) is 4.04. The minimum atomic E-state index is -0.197. The van der Waals surface area contributed by atoms with Gasteiger partial charge in [0.25, 0.3) is 5.91 Å². The standard InChI is InChI=1S/C21H20N2O2/c1-15-8-3-5-10-17(15)14-25-19-12-7-13-22-20(19)23-21(24)18-11-6-4-9-16(18)2/h3-13H,14H2,1-2H3,(H,22,23,24). The molecule has 0 radical (unpaired) electrons. The highest BCUT2D eigenvalue weighted by atomic mass is 16.5. The summed E-state index contributed by atoms with van der Waals surface area (Å²) in [5.74, 6) is 0.773. The van der Waals surface area contributed by atoms with Crippen LogP contribution in [0.15, 0.2) is 66.9 Å². The fraction of sp³-hybridized carbons (Fsp3) is 0.143. The lowest BCUT2D eigenvalue weighted by Crippen LogP contribution is -2.15. The predicted molar refractivity (Wildman–Crippen MR) is 98.9 cm³/mol. The number of hydrogen-bond acceptors (Lipinski definition) is 3. The Labute approximate surface area is 147 Å². The number of amides is 1. The van der Waals surface area contributed by atoms with Crippen molar-refractivity contribution in [2.24, 2.45) is 0 Å². The minimum absolute atomic E-state index is 0.197. The molecule has 1 heterocycles. The summed E-state index contributed by atoms with van der Waals surface area (Å²) in [6, 6.07) is 19.1. The molecule has 126 valence electrons. The van der Waals surface area contributed by atoms with Crippen LogP contribution in [0.5, 0.6) is 5.75 Å². The number of benzene rings is 2. The number of nitrogens with zero attached hydrogens (tertiary/aromatic N) is 1. The fourth-order valence-electron chi connectivity index (χ4n) is 2.53. The van der Waals surface area contributed by atoms with Crippen molar-refractivity contribution in [1.29, 1.82) is 0 Å². The smallest absolute Gasteiger partial charge is 0.257 e. The van der Waals surface area contributed by atoms with Gasteiger partial charge in [-0.25, -0.2) is 4.98 Å². The minimum Gasteiger partial charge on any atom is -0.485 e. The zero-order valence-corrected chi connectivity index (χ0v) is 14.3. The first-order valence-corrected chi connectivity index (χ1v) is 8.14. The molecule has 4 nitrogen and oxygen atoms in total. The lowest BCUT2D eigenvalue weighted by atomic mass is 10.1. The highest BCUT2D eigenvalue weighted by Crippen LogP contribution is 2.23. The third-order valence-electron chi connectivity index (χ3n) is 4.04. The molecule has 4 heteroatoms. The van der Waals surface area contributed by atoms with Gasteiger partial charge in [0.2, 0.25) is 0 Å². The van der Waals surface area contributed by atoms with Crippen molar-refractivity contribution in [2.75, 3.05) is 5.32 Å². The van der Waals surface area contributed by atoms with Gasteiger partial charge < -0.3 is 10.1 Å². The van der Waals surface area contributed by atoms with Crippen LogP contribution in [0.3, 0.4) is 0 Å². The van der Waals surface area contributed by atoms with E-state index in [0.717, 1.165) is 16.7 Å².